The molecule has 2 saturated heterocycles. The van der Waals surface area contributed by atoms with Gasteiger partial charge in [0.25, 0.3) is 11.8 Å². The number of halogens is 4. The predicted molar refractivity (Wildman–Crippen MR) is 154 cm³/mol. The van der Waals surface area contributed by atoms with Crippen LogP contribution in [0.2, 0.25) is 0 Å². The van der Waals surface area contributed by atoms with Crippen LogP contribution in [0.3, 0.4) is 0 Å². The molecular formula is C29H28F4N6O5S. The summed E-state index contributed by atoms with van der Waals surface area (Å²) in [5.41, 5.74) is -2.64. The molecular weight excluding hydrogens is 620 g/mol. The first-order valence-electron chi connectivity index (χ1n) is 14.1. The summed E-state index contributed by atoms with van der Waals surface area (Å²) < 4.78 is 83.2. The molecule has 45 heavy (non-hydrogen) atoms. The minimum absolute atomic E-state index is 0.00805. The molecule has 0 aromatic heterocycles. The Morgan fingerprint density at radius 3 is 2.51 bits per heavy atom. The minimum atomic E-state index is -4.94. The summed E-state index contributed by atoms with van der Waals surface area (Å²) in [5.74, 6) is -4.11. The fraction of sp³-hybridized carbons (Fsp3) is 0.414. The van der Waals surface area contributed by atoms with Gasteiger partial charge in [0.1, 0.15) is 5.83 Å². The van der Waals surface area contributed by atoms with E-state index in [9.17, 15) is 45.6 Å². The van der Waals surface area contributed by atoms with Gasteiger partial charge in [-0.1, -0.05) is 12.2 Å². The number of nitrogens with zero attached hydrogens (tertiary/aromatic N) is 5. The number of benzene rings is 1. The van der Waals surface area contributed by atoms with Crippen LogP contribution in [0.15, 0.2) is 52.8 Å². The molecule has 0 saturated carbocycles. The van der Waals surface area contributed by atoms with Crippen molar-refractivity contribution in [2.75, 3.05) is 49.9 Å². The molecule has 5 rings (SSSR count). The molecule has 3 amide bonds. The maximum Gasteiger partial charge on any atom is 0.418 e. The smallest absolute Gasteiger partial charge is 0.368 e. The van der Waals surface area contributed by atoms with Crippen LogP contribution in [0.25, 0.3) is 0 Å². The van der Waals surface area contributed by atoms with Crippen LogP contribution >= 0.6 is 0 Å². The Morgan fingerprint density at radius 2 is 1.87 bits per heavy atom. The van der Waals surface area contributed by atoms with Gasteiger partial charge in [0.15, 0.2) is 0 Å². The molecule has 1 unspecified atom stereocenters. The Kier molecular flexibility index (Phi) is 8.69. The van der Waals surface area contributed by atoms with Gasteiger partial charge in [-0.25, -0.2) is 17.8 Å². The second kappa shape index (κ2) is 12.2. The van der Waals surface area contributed by atoms with Gasteiger partial charge in [-0.05, 0) is 31.6 Å². The number of alkyl halides is 3. The van der Waals surface area contributed by atoms with Gasteiger partial charge in [-0.2, -0.15) is 22.7 Å². The van der Waals surface area contributed by atoms with Crippen LogP contribution in [0.5, 0.6) is 0 Å². The lowest BCUT2D eigenvalue weighted by Crippen LogP contribution is -2.51. The SMILES string of the molecule is CCS(=O)(=O)N1CCN(C(=O)c2cc(C#N)cc(C(F)(F)F)c2N2CC[C@@H](NC(=O)C3=CC(=O)N=C4C(F)=CC=CC34)C2)CC1. The molecule has 0 radical (unpaired) electrons. The third-order valence-electron chi connectivity index (χ3n) is 8.09. The van der Waals surface area contributed by atoms with Crippen LogP contribution < -0.4 is 10.2 Å². The molecule has 0 spiro atoms. The molecule has 238 valence electrons. The first kappa shape index (κ1) is 32.0. The van der Waals surface area contributed by atoms with Crippen molar-refractivity contribution >= 4 is 39.1 Å². The fourth-order valence-electron chi connectivity index (χ4n) is 5.82. The lowest BCUT2D eigenvalue weighted by molar-refractivity contribution is -0.137. The molecule has 4 aliphatic rings. The van der Waals surface area contributed by atoms with E-state index >= 15 is 0 Å². The number of dihydropyridines is 1. The molecule has 3 heterocycles. The van der Waals surface area contributed by atoms with Crippen molar-refractivity contribution in [1.29, 1.82) is 5.26 Å². The highest BCUT2D eigenvalue weighted by Gasteiger charge is 2.41. The summed E-state index contributed by atoms with van der Waals surface area (Å²) >= 11 is 0. The molecule has 0 bridgehead atoms. The maximum atomic E-state index is 14.4. The monoisotopic (exact) mass is 648 g/mol. The summed E-state index contributed by atoms with van der Waals surface area (Å²) in [6, 6.07) is 2.73. The van der Waals surface area contributed by atoms with Crippen molar-refractivity contribution in [3.05, 3.63) is 64.5 Å². The second-order valence-electron chi connectivity index (χ2n) is 10.8. The molecule has 1 N–H and O–H groups in total. The highest BCUT2D eigenvalue weighted by atomic mass is 32.2. The average molecular weight is 649 g/mol. The van der Waals surface area contributed by atoms with E-state index < -0.39 is 63.0 Å². The van der Waals surface area contributed by atoms with Gasteiger partial charge in [0.2, 0.25) is 15.9 Å². The van der Waals surface area contributed by atoms with E-state index in [-0.39, 0.29) is 73.9 Å². The number of fused-ring (bicyclic) bond motifs is 1. The van der Waals surface area contributed by atoms with Crippen LogP contribution in [0.4, 0.5) is 23.2 Å². The summed E-state index contributed by atoms with van der Waals surface area (Å²) in [7, 11) is -3.52. The highest BCUT2D eigenvalue weighted by Crippen LogP contribution is 2.41. The number of hydrogen-bond acceptors (Lipinski definition) is 7. The van der Waals surface area contributed by atoms with Crippen LogP contribution in [0, 0.1) is 17.2 Å². The number of anilines is 1. The quantitative estimate of drug-likeness (QED) is 0.467. The molecule has 1 aromatic rings. The topological polar surface area (TPSA) is 143 Å². The number of amides is 3. The van der Waals surface area contributed by atoms with Gasteiger partial charge in [0, 0.05) is 57.0 Å². The zero-order chi connectivity index (χ0) is 32.7. The zero-order valence-electron chi connectivity index (χ0n) is 24.0. The Bertz CT molecular complexity index is 1720. The van der Waals surface area contributed by atoms with Crippen molar-refractivity contribution in [3.8, 4) is 6.07 Å². The number of carbonyl (C=O) groups excluding carboxylic acids is 3. The third-order valence-corrected chi connectivity index (χ3v) is 9.97. The number of rotatable bonds is 6. The normalized spacial score (nSPS) is 22.3. The van der Waals surface area contributed by atoms with E-state index in [0.717, 1.165) is 18.2 Å². The predicted octanol–water partition coefficient (Wildman–Crippen LogP) is 2.33. The second-order valence-corrected chi connectivity index (χ2v) is 13.1. The molecule has 16 heteroatoms. The Hall–Kier alpha value is -4.36. The van der Waals surface area contributed by atoms with Crippen molar-refractivity contribution in [2.24, 2.45) is 10.9 Å². The first-order valence-corrected chi connectivity index (χ1v) is 15.7. The summed E-state index contributed by atoms with van der Waals surface area (Å²) in [6.07, 6.45) is 0.228. The number of allylic oxidation sites excluding steroid dienone is 4. The molecule has 1 aromatic carbocycles. The number of hydrogen-bond donors (Lipinski definition) is 1. The minimum Gasteiger partial charge on any atom is -0.368 e. The molecule has 1 aliphatic carbocycles. The van der Waals surface area contributed by atoms with Gasteiger partial charge >= 0.3 is 6.18 Å². The van der Waals surface area contributed by atoms with Gasteiger partial charge in [-0.15, -0.1) is 0 Å². The standard InChI is InChI=1S/C29H28F4N6O5S/c1-2-45(43,44)39-10-8-37(9-11-39)28(42)21-12-17(15-34)13-22(29(31,32)33)26(21)38-7-6-18(16-38)35-27(41)20-14-24(40)36-25-19(20)4-3-5-23(25)30/h3-5,12-14,18-19H,2,6-11,16H2,1H3,(H,35,41)/t18-,19?/m1/s1. The lowest BCUT2D eigenvalue weighted by atomic mass is 9.87. The van der Waals surface area contributed by atoms with Crippen LogP contribution in [0.1, 0.15) is 34.8 Å². The Morgan fingerprint density at radius 1 is 1.16 bits per heavy atom. The third kappa shape index (κ3) is 6.40. The van der Waals surface area contributed by atoms with E-state index in [2.05, 4.69) is 10.3 Å². The van der Waals surface area contributed by atoms with Gasteiger partial charge < -0.3 is 15.1 Å². The number of nitriles is 1. The highest BCUT2D eigenvalue weighted by molar-refractivity contribution is 7.89. The Balaban J connectivity index is 1.40. The van der Waals surface area contributed by atoms with Gasteiger partial charge in [0.05, 0.1) is 45.8 Å². The van der Waals surface area contributed by atoms with Crippen molar-refractivity contribution in [2.45, 2.75) is 25.6 Å². The number of sulfonamides is 1. The molecule has 11 nitrogen and oxygen atoms in total. The maximum absolute atomic E-state index is 14.4. The first-order chi connectivity index (χ1) is 21.2. The van der Waals surface area contributed by atoms with Crippen molar-refractivity contribution < 1.29 is 40.4 Å². The van der Waals surface area contributed by atoms with Crippen LogP contribution in [-0.4, -0.2) is 92.1 Å². The fourth-order valence-corrected chi connectivity index (χ4v) is 6.91. The van der Waals surface area contributed by atoms with E-state index in [1.54, 1.807) is 6.07 Å². The van der Waals surface area contributed by atoms with E-state index in [1.165, 1.54) is 33.2 Å². The average Bonchev–Trinajstić information content (AvgIpc) is 3.47. The number of nitrogens with one attached hydrogen (secondary N) is 1. The zero-order valence-corrected chi connectivity index (χ0v) is 24.8. The molecule has 2 fully saturated rings. The molecule has 2 atom stereocenters. The Labute approximate surface area is 256 Å². The summed E-state index contributed by atoms with van der Waals surface area (Å²) in [4.78, 5) is 45.2. The number of aliphatic imine (C=N–C) groups is 1. The summed E-state index contributed by atoms with van der Waals surface area (Å²) in [5, 5.41) is 12.2. The number of carbonyl (C=O) groups is 3. The van der Waals surface area contributed by atoms with Crippen molar-refractivity contribution in [3.63, 3.8) is 0 Å². The number of piperazine rings is 1. The van der Waals surface area contributed by atoms with Crippen molar-refractivity contribution in [1.82, 2.24) is 14.5 Å². The molecule has 3 aliphatic heterocycles. The summed E-state index contributed by atoms with van der Waals surface area (Å²) in [6.45, 7) is 1.18. The van der Waals surface area contributed by atoms with Gasteiger partial charge in [-0.3, -0.25) is 14.4 Å². The van der Waals surface area contributed by atoms with E-state index in [1.807, 2.05) is 0 Å². The van der Waals surface area contributed by atoms with Crippen LogP contribution in [-0.2, 0) is 25.8 Å². The van der Waals surface area contributed by atoms with E-state index in [4.69, 9.17) is 0 Å². The largest absolute Gasteiger partial charge is 0.418 e. The van der Waals surface area contributed by atoms with E-state index in [0.29, 0.717) is 6.07 Å². The lowest BCUT2D eigenvalue weighted by Gasteiger charge is -2.35.